The zero-order chi connectivity index (χ0) is 19.6. The van der Waals surface area contributed by atoms with Crippen LogP contribution in [0.15, 0.2) is 0 Å². The first-order valence-corrected chi connectivity index (χ1v) is 10.4. The molecule has 27 heavy (non-hydrogen) atoms. The minimum Gasteiger partial charge on any atom is -0.463 e. The summed E-state index contributed by atoms with van der Waals surface area (Å²) in [7, 11) is 0. The molecular formula is C21H31NO5. The van der Waals surface area contributed by atoms with Crippen LogP contribution in [0.25, 0.3) is 0 Å². The number of rotatable bonds is 1. The van der Waals surface area contributed by atoms with Crippen LogP contribution in [0.4, 0.5) is 0 Å². The number of amides is 2. The fourth-order valence-corrected chi connectivity index (χ4v) is 7.15. The van der Waals surface area contributed by atoms with Crippen LogP contribution in [-0.4, -0.2) is 34.2 Å². The number of carbonyl (C=O) groups is 3. The number of carbonyl (C=O) groups excluding carboxylic acids is 3. The van der Waals surface area contributed by atoms with E-state index in [1.165, 1.54) is 6.92 Å². The number of hydrogen-bond acceptors (Lipinski definition) is 5. The Balaban J connectivity index is 1.57. The molecule has 0 aromatic carbocycles. The second kappa shape index (κ2) is 6.29. The molecule has 0 bridgehead atoms. The summed E-state index contributed by atoms with van der Waals surface area (Å²) in [6.07, 6.45) is 6.96. The second-order valence-corrected chi connectivity index (χ2v) is 9.83. The van der Waals surface area contributed by atoms with Gasteiger partial charge in [0.1, 0.15) is 6.10 Å². The predicted molar refractivity (Wildman–Crippen MR) is 96.3 cm³/mol. The van der Waals surface area contributed by atoms with Crippen LogP contribution >= 0.6 is 0 Å². The van der Waals surface area contributed by atoms with Gasteiger partial charge in [-0.25, -0.2) is 0 Å². The summed E-state index contributed by atoms with van der Waals surface area (Å²) in [4.78, 5) is 36.2. The van der Waals surface area contributed by atoms with Gasteiger partial charge in [-0.3, -0.25) is 19.6 Å². The number of hydrogen-bond donors (Lipinski definition) is 1. The van der Waals surface area contributed by atoms with Crippen LogP contribution in [0, 0.1) is 34.5 Å². The van der Waals surface area contributed by atoms with Gasteiger partial charge in [0.2, 0.25) is 0 Å². The number of esters is 1. The van der Waals surface area contributed by atoms with Crippen molar-refractivity contribution in [2.45, 2.75) is 78.2 Å². The Morgan fingerprint density at radius 1 is 1.11 bits per heavy atom. The van der Waals surface area contributed by atoms with E-state index >= 15 is 0 Å². The quantitative estimate of drug-likeness (QED) is 0.430. The van der Waals surface area contributed by atoms with Gasteiger partial charge in [-0.15, -0.1) is 0 Å². The molecule has 0 aromatic rings. The fourth-order valence-electron chi connectivity index (χ4n) is 7.15. The lowest BCUT2D eigenvalue weighted by Gasteiger charge is -2.61. The molecule has 3 aliphatic carbocycles. The summed E-state index contributed by atoms with van der Waals surface area (Å²) in [6, 6.07) is 0. The first-order chi connectivity index (χ1) is 12.7. The molecule has 0 radical (unpaired) electrons. The van der Waals surface area contributed by atoms with E-state index in [0.29, 0.717) is 22.8 Å². The van der Waals surface area contributed by atoms with Gasteiger partial charge in [-0.2, -0.15) is 5.06 Å². The number of imide groups is 1. The number of fused-ring (bicyclic) bond motifs is 5. The van der Waals surface area contributed by atoms with E-state index in [1.54, 1.807) is 0 Å². The highest BCUT2D eigenvalue weighted by Crippen LogP contribution is 2.64. The fraction of sp³-hybridized carbons (Fsp3) is 0.857. The van der Waals surface area contributed by atoms with Crippen molar-refractivity contribution in [3.63, 3.8) is 0 Å². The summed E-state index contributed by atoms with van der Waals surface area (Å²) >= 11 is 0. The molecule has 4 rings (SSSR count). The average Bonchev–Trinajstić information content (AvgIpc) is 2.61. The third-order valence-corrected chi connectivity index (χ3v) is 8.65. The number of piperidine rings is 1. The minimum absolute atomic E-state index is 0.0311. The van der Waals surface area contributed by atoms with Gasteiger partial charge in [-0.1, -0.05) is 13.8 Å². The molecule has 6 heteroatoms. The highest BCUT2D eigenvalue weighted by molar-refractivity contribution is 5.99. The van der Waals surface area contributed by atoms with Crippen LogP contribution in [-0.2, 0) is 19.1 Å². The van der Waals surface area contributed by atoms with Crippen LogP contribution in [0.1, 0.15) is 72.1 Å². The monoisotopic (exact) mass is 377 g/mol. The SMILES string of the molecule is CC(=O)O[C@@H]1CC[C@@]2(C)[C@H](CC[C@H]3[C@H]4CC(=O)N(O)C(=O)[C@]4(C)CC[C@@H]32)C1. The summed E-state index contributed by atoms with van der Waals surface area (Å²) in [5.74, 6) is 0.366. The molecule has 4 fully saturated rings. The van der Waals surface area contributed by atoms with Crippen molar-refractivity contribution in [1.29, 1.82) is 0 Å². The minimum atomic E-state index is -0.623. The van der Waals surface area contributed by atoms with Crippen molar-refractivity contribution in [2.24, 2.45) is 34.5 Å². The molecule has 1 saturated heterocycles. The summed E-state index contributed by atoms with van der Waals surface area (Å²) < 4.78 is 5.50. The molecule has 1 N–H and O–H groups in total. The highest BCUT2D eigenvalue weighted by atomic mass is 16.5. The van der Waals surface area contributed by atoms with Crippen molar-refractivity contribution in [3.8, 4) is 0 Å². The molecule has 0 aromatic heterocycles. The zero-order valence-electron chi connectivity index (χ0n) is 16.6. The van der Waals surface area contributed by atoms with Gasteiger partial charge in [0, 0.05) is 13.3 Å². The van der Waals surface area contributed by atoms with Crippen LogP contribution in [0.5, 0.6) is 0 Å². The maximum atomic E-state index is 12.7. The van der Waals surface area contributed by atoms with Crippen LogP contribution in [0.2, 0.25) is 0 Å². The van der Waals surface area contributed by atoms with Gasteiger partial charge >= 0.3 is 5.97 Å². The average molecular weight is 377 g/mol. The van der Waals surface area contributed by atoms with Crippen molar-refractivity contribution >= 4 is 17.8 Å². The molecule has 1 heterocycles. The zero-order valence-corrected chi connectivity index (χ0v) is 16.6. The van der Waals surface area contributed by atoms with Crippen LogP contribution in [0.3, 0.4) is 0 Å². The topological polar surface area (TPSA) is 83.9 Å². The number of hydroxylamine groups is 2. The second-order valence-electron chi connectivity index (χ2n) is 9.83. The molecule has 6 nitrogen and oxygen atoms in total. The van der Waals surface area contributed by atoms with Gasteiger partial charge in [0.05, 0.1) is 5.41 Å². The normalized spacial score (nSPS) is 47.0. The molecule has 2 amide bonds. The molecule has 150 valence electrons. The molecular weight excluding hydrogens is 346 g/mol. The number of nitrogens with zero attached hydrogens (tertiary/aromatic N) is 1. The predicted octanol–water partition coefficient (Wildman–Crippen LogP) is 3.32. The van der Waals surface area contributed by atoms with E-state index in [4.69, 9.17) is 4.74 Å². The maximum Gasteiger partial charge on any atom is 0.302 e. The van der Waals surface area contributed by atoms with Gasteiger partial charge in [0.25, 0.3) is 11.8 Å². The Morgan fingerprint density at radius 2 is 1.85 bits per heavy atom. The lowest BCUT2D eigenvalue weighted by molar-refractivity contribution is -0.211. The van der Waals surface area contributed by atoms with Gasteiger partial charge < -0.3 is 4.74 Å². The third-order valence-electron chi connectivity index (χ3n) is 8.65. The Bertz CT molecular complexity index is 677. The van der Waals surface area contributed by atoms with Crippen molar-refractivity contribution < 1.29 is 24.3 Å². The van der Waals surface area contributed by atoms with E-state index in [0.717, 1.165) is 44.9 Å². The first kappa shape index (κ1) is 18.9. The molecule has 0 spiro atoms. The molecule has 3 saturated carbocycles. The largest absolute Gasteiger partial charge is 0.463 e. The molecule has 4 aliphatic rings. The highest BCUT2D eigenvalue weighted by Gasteiger charge is 2.61. The van der Waals surface area contributed by atoms with E-state index in [1.807, 2.05) is 6.92 Å². The van der Waals surface area contributed by atoms with Crippen molar-refractivity contribution in [3.05, 3.63) is 0 Å². The molecule has 0 unspecified atom stereocenters. The van der Waals surface area contributed by atoms with E-state index in [2.05, 4.69) is 6.92 Å². The standard InChI is InChI=1S/C21H31NO5/c1-12(23)27-14-6-8-20(2)13(10-14)4-5-15-16(20)7-9-21(3)17(15)11-18(24)22(26)19(21)25/h13-17,26H,4-11H2,1-3H3/t13-,14-,15-,16+,17-,20+,21-/m1/s1. The molecule has 7 atom stereocenters. The van der Waals surface area contributed by atoms with Gasteiger partial charge in [-0.05, 0) is 74.0 Å². The summed E-state index contributed by atoms with van der Waals surface area (Å²) in [6.45, 7) is 5.80. The Kier molecular flexibility index (Phi) is 4.41. The van der Waals surface area contributed by atoms with Crippen molar-refractivity contribution in [1.82, 2.24) is 5.06 Å². The Labute approximate surface area is 160 Å². The third kappa shape index (κ3) is 2.74. The lowest BCUT2D eigenvalue weighted by atomic mass is 9.44. The molecule has 1 aliphatic heterocycles. The smallest absolute Gasteiger partial charge is 0.302 e. The summed E-state index contributed by atoms with van der Waals surface area (Å²) in [5, 5.41) is 10.2. The van der Waals surface area contributed by atoms with E-state index < -0.39 is 17.2 Å². The first-order valence-electron chi connectivity index (χ1n) is 10.4. The van der Waals surface area contributed by atoms with E-state index in [9.17, 15) is 19.6 Å². The van der Waals surface area contributed by atoms with Crippen molar-refractivity contribution in [2.75, 3.05) is 0 Å². The number of ether oxygens (including phenoxy) is 1. The van der Waals surface area contributed by atoms with Gasteiger partial charge in [0.15, 0.2) is 0 Å². The lowest BCUT2D eigenvalue weighted by Crippen LogP contribution is -2.61. The Morgan fingerprint density at radius 3 is 2.56 bits per heavy atom. The Hall–Kier alpha value is -1.43. The maximum absolute atomic E-state index is 12.7. The van der Waals surface area contributed by atoms with E-state index in [-0.39, 0.29) is 29.8 Å². The van der Waals surface area contributed by atoms with Crippen LogP contribution < -0.4 is 0 Å². The summed E-state index contributed by atoms with van der Waals surface area (Å²) in [5.41, 5.74) is -0.439.